The first-order chi connectivity index (χ1) is 19.4. The molecule has 2 aromatic rings. The number of aromatic nitrogens is 1. The average molecular weight is 639 g/mol. The molecule has 1 aromatic heterocycles. The fourth-order valence-electron chi connectivity index (χ4n) is 4.52. The van der Waals surface area contributed by atoms with E-state index < -0.39 is 95.3 Å². The number of amides is 2. The zero-order valence-corrected chi connectivity index (χ0v) is 23.5. The van der Waals surface area contributed by atoms with Gasteiger partial charge < -0.3 is 10.2 Å². The number of nitrogens with one attached hydrogen (secondary N) is 1. The molecule has 2 fully saturated rings. The Labute approximate surface area is 242 Å². The number of alkyl halides is 6. The van der Waals surface area contributed by atoms with E-state index in [1.54, 1.807) is 0 Å². The SMILES string of the molecule is C[C@H](/C=C/C(=O)N1CC(F)(F)C1)NC(=O)C1(F)CCN(S(=O)(=O)c2cnc(C(F)(F)F)cc2-c2ccccc2Cl)CC1. The molecule has 228 valence electrons. The fourth-order valence-corrected chi connectivity index (χ4v) is 6.34. The van der Waals surface area contributed by atoms with Gasteiger partial charge in [0.05, 0.1) is 13.1 Å². The van der Waals surface area contributed by atoms with Gasteiger partial charge in [-0.05, 0) is 19.1 Å². The number of likely N-dealkylation sites (tertiary alicyclic amines) is 1. The highest BCUT2D eigenvalue weighted by Crippen LogP contribution is 2.39. The van der Waals surface area contributed by atoms with Crippen molar-refractivity contribution in [2.75, 3.05) is 26.2 Å². The summed E-state index contributed by atoms with van der Waals surface area (Å²) < 4.78 is 110. The number of halogens is 7. The Morgan fingerprint density at radius 2 is 1.71 bits per heavy atom. The molecule has 4 rings (SSSR count). The van der Waals surface area contributed by atoms with Crippen molar-refractivity contribution in [3.63, 3.8) is 0 Å². The maximum absolute atomic E-state index is 15.6. The highest BCUT2D eigenvalue weighted by atomic mass is 35.5. The number of nitrogens with zero attached hydrogens (tertiary/aromatic N) is 3. The Kier molecular flexibility index (Phi) is 8.69. The van der Waals surface area contributed by atoms with Crippen LogP contribution in [0.5, 0.6) is 0 Å². The summed E-state index contributed by atoms with van der Waals surface area (Å²) in [5, 5.41) is 2.36. The summed E-state index contributed by atoms with van der Waals surface area (Å²) in [5.74, 6) is -4.69. The minimum Gasteiger partial charge on any atom is -0.347 e. The summed E-state index contributed by atoms with van der Waals surface area (Å²) in [4.78, 5) is 28.2. The van der Waals surface area contributed by atoms with Gasteiger partial charge in [0.25, 0.3) is 11.8 Å². The standard InChI is InChI=1S/C26H25ClF6N4O4S/c1-16(6-7-22(38)36-14-25(29,30)15-36)35-23(39)24(28)8-10-37(11-9-24)42(40,41)20-13-34-21(26(31,32)33)12-18(20)17-4-2-3-5-19(17)27/h2-7,12-13,16H,8-11,14-15H2,1H3,(H,35,39)/b7-6+/t16-/m1/s1. The van der Waals surface area contributed by atoms with E-state index in [-0.39, 0.29) is 16.1 Å². The van der Waals surface area contributed by atoms with Crippen LogP contribution in [0.4, 0.5) is 26.3 Å². The molecule has 2 saturated heterocycles. The second-order valence-electron chi connectivity index (χ2n) is 10.1. The third-order valence-electron chi connectivity index (χ3n) is 6.90. The van der Waals surface area contributed by atoms with Crippen LogP contribution in [0.3, 0.4) is 0 Å². The molecule has 0 aliphatic carbocycles. The lowest BCUT2D eigenvalue weighted by Crippen LogP contribution is -2.58. The molecule has 1 atom stereocenters. The summed E-state index contributed by atoms with van der Waals surface area (Å²) in [6.45, 7) is -0.940. The van der Waals surface area contributed by atoms with Gasteiger partial charge in [-0.25, -0.2) is 21.6 Å². The molecule has 2 aliphatic rings. The maximum Gasteiger partial charge on any atom is 0.433 e. The minimum atomic E-state index is -4.87. The molecular formula is C26H25ClF6N4O4S. The predicted molar refractivity (Wildman–Crippen MR) is 140 cm³/mol. The number of pyridine rings is 1. The van der Waals surface area contributed by atoms with Crippen LogP contribution in [0, 0.1) is 0 Å². The second-order valence-corrected chi connectivity index (χ2v) is 12.4. The summed E-state index contributed by atoms with van der Waals surface area (Å²) in [7, 11) is -4.51. The molecule has 2 aliphatic heterocycles. The molecule has 16 heteroatoms. The molecule has 1 N–H and O–H groups in total. The van der Waals surface area contributed by atoms with Crippen LogP contribution >= 0.6 is 11.6 Å². The highest BCUT2D eigenvalue weighted by molar-refractivity contribution is 7.89. The molecule has 0 radical (unpaired) electrons. The molecule has 3 heterocycles. The monoisotopic (exact) mass is 638 g/mol. The van der Waals surface area contributed by atoms with Crippen molar-refractivity contribution in [3.8, 4) is 11.1 Å². The van der Waals surface area contributed by atoms with Gasteiger partial charge >= 0.3 is 6.18 Å². The van der Waals surface area contributed by atoms with E-state index in [9.17, 15) is 40.0 Å². The van der Waals surface area contributed by atoms with Crippen molar-refractivity contribution >= 4 is 33.4 Å². The van der Waals surface area contributed by atoms with Crippen LogP contribution in [0.1, 0.15) is 25.5 Å². The van der Waals surface area contributed by atoms with Gasteiger partial charge in [-0.15, -0.1) is 0 Å². The van der Waals surface area contributed by atoms with Crippen molar-refractivity contribution in [1.29, 1.82) is 0 Å². The van der Waals surface area contributed by atoms with Crippen molar-refractivity contribution in [1.82, 2.24) is 19.5 Å². The Hall–Kier alpha value is -3.17. The molecule has 0 spiro atoms. The maximum atomic E-state index is 15.6. The van der Waals surface area contributed by atoms with Gasteiger partial charge in [0, 0.05) is 60.4 Å². The topological polar surface area (TPSA) is 99.7 Å². The Bertz CT molecular complexity index is 1500. The van der Waals surface area contributed by atoms with Gasteiger partial charge in [0.15, 0.2) is 5.67 Å². The van der Waals surface area contributed by atoms with Crippen molar-refractivity contribution in [2.24, 2.45) is 0 Å². The quantitative estimate of drug-likeness (QED) is 0.357. The number of carbonyl (C=O) groups is 2. The average Bonchev–Trinajstić information content (AvgIpc) is 2.90. The molecule has 8 nitrogen and oxygen atoms in total. The van der Waals surface area contributed by atoms with Gasteiger partial charge in [-0.1, -0.05) is 35.9 Å². The Morgan fingerprint density at radius 1 is 1.10 bits per heavy atom. The number of carbonyl (C=O) groups excluding carboxylic acids is 2. The summed E-state index contributed by atoms with van der Waals surface area (Å²) in [6.07, 6.45) is -3.20. The lowest BCUT2D eigenvalue weighted by Gasteiger charge is -2.38. The number of benzene rings is 1. The van der Waals surface area contributed by atoms with Crippen LogP contribution in [0.25, 0.3) is 11.1 Å². The first-order valence-electron chi connectivity index (χ1n) is 12.6. The number of sulfonamides is 1. The summed E-state index contributed by atoms with van der Waals surface area (Å²) >= 11 is 6.16. The fraction of sp³-hybridized carbons (Fsp3) is 0.423. The Balaban J connectivity index is 1.46. The van der Waals surface area contributed by atoms with Gasteiger partial charge in [0.1, 0.15) is 10.6 Å². The second kappa shape index (κ2) is 11.5. The highest BCUT2D eigenvalue weighted by Gasteiger charge is 2.46. The van der Waals surface area contributed by atoms with Crippen LogP contribution < -0.4 is 5.32 Å². The number of piperidine rings is 1. The molecule has 42 heavy (non-hydrogen) atoms. The first-order valence-corrected chi connectivity index (χ1v) is 14.4. The molecular weight excluding hydrogens is 614 g/mol. The Morgan fingerprint density at radius 3 is 2.29 bits per heavy atom. The van der Waals surface area contributed by atoms with Crippen LogP contribution in [-0.2, 0) is 25.8 Å². The summed E-state index contributed by atoms with van der Waals surface area (Å²) in [5.41, 5.74) is -4.14. The first kappa shape index (κ1) is 31.8. The third-order valence-corrected chi connectivity index (χ3v) is 9.16. The van der Waals surface area contributed by atoms with Crippen molar-refractivity contribution in [2.45, 2.75) is 48.5 Å². The molecule has 2 amide bonds. The normalized spacial score (nSPS) is 19.8. The minimum absolute atomic E-state index is 0.000882. The lowest BCUT2D eigenvalue weighted by molar-refractivity contribution is -0.160. The van der Waals surface area contributed by atoms with E-state index in [0.29, 0.717) is 12.3 Å². The van der Waals surface area contributed by atoms with E-state index in [1.165, 1.54) is 37.3 Å². The van der Waals surface area contributed by atoms with E-state index >= 15 is 4.39 Å². The zero-order chi connectivity index (χ0) is 31.1. The summed E-state index contributed by atoms with van der Waals surface area (Å²) in [6, 6.07) is 5.45. The predicted octanol–water partition coefficient (Wildman–Crippen LogP) is 4.45. The largest absolute Gasteiger partial charge is 0.433 e. The third kappa shape index (κ3) is 6.73. The zero-order valence-electron chi connectivity index (χ0n) is 22.0. The molecule has 0 unspecified atom stereocenters. The lowest BCUT2D eigenvalue weighted by atomic mass is 9.93. The molecule has 1 aromatic carbocycles. The van der Waals surface area contributed by atoms with E-state index in [2.05, 4.69) is 10.3 Å². The van der Waals surface area contributed by atoms with Crippen LogP contribution in [0.2, 0.25) is 5.02 Å². The van der Waals surface area contributed by atoms with Gasteiger partial charge in [-0.2, -0.15) is 17.5 Å². The van der Waals surface area contributed by atoms with Crippen LogP contribution in [0.15, 0.2) is 53.6 Å². The van der Waals surface area contributed by atoms with Gasteiger partial charge in [-0.3, -0.25) is 14.6 Å². The van der Waals surface area contributed by atoms with Crippen molar-refractivity contribution in [3.05, 3.63) is 59.4 Å². The number of rotatable bonds is 7. The van der Waals surface area contributed by atoms with E-state index in [0.717, 1.165) is 15.3 Å². The van der Waals surface area contributed by atoms with Gasteiger partial charge in [0.2, 0.25) is 15.9 Å². The van der Waals surface area contributed by atoms with E-state index in [4.69, 9.17) is 11.6 Å². The van der Waals surface area contributed by atoms with E-state index in [1.807, 2.05) is 0 Å². The molecule has 0 saturated carbocycles. The number of hydrogen-bond acceptors (Lipinski definition) is 5. The number of hydrogen-bond donors (Lipinski definition) is 1. The smallest absolute Gasteiger partial charge is 0.347 e. The van der Waals surface area contributed by atoms with Crippen molar-refractivity contribution < 1.29 is 44.3 Å². The molecule has 0 bridgehead atoms. The van der Waals surface area contributed by atoms with Crippen LogP contribution in [-0.4, -0.2) is 78.2 Å².